The zero-order chi connectivity index (χ0) is 20.2. The summed E-state index contributed by atoms with van der Waals surface area (Å²) in [4.78, 5) is 24.7. The molecule has 0 amide bonds. The van der Waals surface area contributed by atoms with Gasteiger partial charge in [-0.25, -0.2) is 0 Å². The van der Waals surface area contributed by atoms with Gasteiger partial charge in [-0.1, -0.05) is 12.1 Å². The molecule has 27 heavy (non-hydrogen) atoms. The molecular weight excluding hydrogens is 350 g/mol. The number of aliphatic hydroxyl groups excluding tert-OH is 1. The maximum Gasteiger partial charge on any atom is 0.311 e. The summed E-state index contributed by atoms with van der Waals surface area (Å²) in [7, 11) is 1.40. The Kier molecular flexibility index (Phi) is 6.50. The summed E-state index contributed by atoms with van der Waals surface area (Å²) in [6.45, 7) is 4.84. The number of rotatable bonds is 5. The maximum absolute atomic E-state index is 12.7. The van der Waals surface area contributed by atoms with E-state index < -0.39 is 35.7 Å². The molecule has 0 aromatic heterocycles. The van der Waals surface area contributed by atoms with Gasteiger partial charge in [0.05, 0.1) is 17.0 Å². The molecule has 1 N–H and O–H groups in total. The molecule has 2 rings (SSSR count). The third-order valence-corrected chi connectivity index (χ3v) is 4.05. The first-order valence-corrected chi connectivity index (χ1v) is 8.47. The van der Waals surface area contributed by atoms with Crippen molar-refractivity contribution >= 4 is 11.8 Å². The summed E-state index contributed by atoms with van der Waals surface area (Å²) in [5.74, 6) is -0.946. The van der Waals surface area contributed by atoms with Crippen molar-refractivity contribution in [3.8, 4) is 6.07 Å². The van der Waals surface area contributed by atoms with Gasteiger partial charge in [0.1, 0.15) is 12.7 Å². The number of methoxy groups -OCH3 is 1. The van der Waals surface area contributed by atoms with Crippen LogP contribution in [0.2, 0.25) is 0 Å². The minimum atomic E-state index is -1.22. The molecule has 1 heterocycles. The number of Topliss-reactive ketones (excluding diaryl/α,β-unsaturated/α-hetero) is 1. The summed E-state index contributed by atoms with van der Waals surface area (Å²) in [6.07, 6.45) is -1.75. The number of hydrogen-bond donors (Lipinski definition) is 1. The SMILES string of the molecule is CO[C@@H]1C=C([C@H](O)c2ccc(C#N)cc2)C(=O)[C@@H](COC(=O)C(C)(C)C)O1. The number of ether oxygens (including phenoxy) is 3. The predicted molar refractivity (Wildman–Crippen MR) is 95.3 cm³/mol. The lowest BCUT2D eigenvalue weighted by Crippen LogP contribution is -2.41. The molecule has 0 bridgehead atoms. The molecule has 0 fully saturated rings. The van der Waals surface area contributed by atoms with Crippen LogP contribution in [-0.4, -0.2) is 43.0 Å². The molecule has 0 radical (unpaired) electrons. The van der Waals surface area contributed by atoms with Crippen LogP contribution in [0.5, 0.6) is 0 Å². The summed E-state index contributed by atoms with van der Waals surface area (Å²) in [5.41, 5.74) is 0.282. The van der Waals surface area contributed by atoms with E-state index in [1.165, 1.54) is 13.2 Å². The third-order valence-electron chi connectivity index (χ3n) is 4.05. The van der Waals surface area contributed by atoms with Gasteiger partial charge in [-0.15, -0.1) is 0 Å². The van der Waals surface area contributed by atoms with E-state index in [-0.39, 0.29) is 12.2 Å². The highest BCUT2D eigenvalue weighted by atomic mass is 16.7. The van der Waals surface area contributed by atoms with E-state index in [0.717, 1.165) is 0 Å². The standard InChI is InChI=1S/C20H23NO6/c1-20(2,3)19(24)26-11-15-18(23)14(9-16(25-4)27-15)17(22)13-7-5-12(10-21)6-8-13/h5-9,15-17,22H,11H2,1-4H3/t15-,16+,17-/m1/s1. The fourth-order valence-corrected chi connectivity index (χ4v) is 2.43. The first kappa shape index (κ1) is 20.8. The first-order valence-electron chi connectivity index (χ1n) is 8.47. The lowest BCUT2D eigenvalue weighted by atomic mass is 9.93. The topological polar surface area (TPSA) is 106 Å². The molecule has 1 aromatic carbocycles. The third kappa shape index (κ3) is 5.01. The molecule has 1 aliphatic rings. The molecule has 1 aromatic rings. The van der Waals surface area contributed by atoms with Crippen LogP contribution < -0.4 is 0 Å². The van der Waals surface area contributed by atoms with E-state index >= 15 is 0 Å². The Balaban J connectivity index is 2.19. The Morgan fingerprint density at radius 1 is 1.33 bits per heavy atom. The molecule has 3 atom stereocenters. The number of carbonyl (C=O) groups is 2. The molecule has 7 nitrogen and oxygen atoms in total. The van der Waals surface area contributed by atoms with Crippen molar-refractivity contribution in [1.29, 1.82) is 5.26 Å². The summed E-state index contributed by atoms with van der Waals surface area (Å²) < 4.78 is 15.8. The van der Waals surface area contributed by atoms with E-state index in [2.05, 4.69) is 0 Å². The Hall–Kier alpha value is -2.53. The van der Waals surface area contributed by atoms with Crippen molar-refractivity contribution in [2.75, 3.05) is 13.7 Å². The van der Waals surface area contributed by atoms with Crippen LogP contribution >= 0.6 is 0 Å². The Morgan fingerprint density at radius 2 is 1.96 bits per heavy atom. The van der Waals surface area contributed by atoms with Gasteiger partial charge in [-0.2, -0.15) is 5.26 Å². The van der Waals surface area contributed by atoms with Crippen molar-refractivity contribution in [3.63, 3.8) is 0 Å². The van der Waals surface area contributed by atoms with Gasteiger partial charge < -0.3 is 19.3 Å². The second kappa shape index (κ2) is 8.44. The number of esters is 1. The molecule has 0 saturated carbocycles. The zero-order valence-electron chi connectivity index (χ0n) is 15.8. The summed E-state index contributed by atoms with van der Waals surface area (Å²) >= 11 is 0. The van der Waals surface area contributed by atoms with Gasteiger partial charge in [0.15, 0.2) is 18.2 Å². The average Bonchev–Trinajstić information content (AvgIpc) is 2.65. The highest BCUT2D eigenvalue weighted by Gasteiger charge is 2.36. The molecule has 144 valence electrons. The quantitative estimate of drug-likeness (QED) is 0.787. The number of nitrogens with zero attached hydrogens (tertiary/aromatic N) is 1. The Bertz CT molecular complexity index is 769. The lowest BCUT2D eigenvalue weighted by molar-refractivity contribution is -0.176. The normalized spacial score (nSPS) is 21.2. The molecule has 0 aliphatic carbocycles. The highest BCUT2D eigenvalue weighted by Crippen LogP contribution is 2.29. The molecular formula is C20H23NO6. The number of benzene rings is 1. The van der Waals surface area contributed by atoms with Crippen molar-refractivity contribution < 1.29 is 28.9 Å². The Morgan fingerprint density at radius 3 is 2.48 bits per heavy atom. The lowest BCUT2D eigenvalue weighted by Gasteiger charge is -2.29. The van der Waals surface area contributed by atoms with E-state index in [1.54, 1.807) is 45.0 Å². The van der Waals surface area contributed by atoms with Crippen LogP contribution in [0, 0.1) is 16.7 Å². The minimum Gasteiger partial charge on any atom is -0.462 e. The van der Waals surface area contributed by atoms with Crippen LogP contribution in [0.15, 0.2) is 35.9 Å². The van der Waals surface area contributed by atoms with Crippen LogP contribution in [0.3, 0.4) is 0 Å². The highest BCUT2D eigenvalue weighted by molar-refractivity contribution is 6.00. The summed E-state index contributed by atoms with van der Waals surface area (Å²) in [5, 5.41) is 19.5. The maximum atomic E-state index is 12.7. The van der Waals surface area contributed by atoms with E-state index in [1.807, 2.05) is 6.07 Å². The van der Waals surface area contributed by atoms with Crippen LogP contribution in [0.25, 0.3) is 0 Å². The first-order chi connectivity index (χ1) is 12.7. The number of carbonyl (C=O) groups excluding carboxylic acids is 2. The summed E-state index contributed by atoms with van der Waals surface area (Å²) in [6, 6.07) is 8.25. The largest absolute Gasteiger partial charge is 0.462 e. The van der Waals surface area contributed by atoms with Gasteiger partial charge in [-0.3, -0.25) is 9.59 Å². The van der Waals surface area contributed by atoms with Crippen molar-refractivity contribution in [3.05, 3.63) is 47.0 Å². The van der Waals surface area contributed by atoms with E-state index in [9.17, 15) is 14.7 Å². The number of nitriles is 1. The molecule has 7 heteroatoms. The van der Waals surface area contributed by atoms with Crippen LogP contribution in [-0.2, 0) is 23.8 Å². The van der Waals surface area contributed by atoms with Crippen LogP contribution in [0.1, 0.15) is 38.0 Å². The van der Waals surface area contributed by atoms with Gasteiger partial charge in [0, 0.05) is 12.7 Å². The molecule has 0 saturated heterocycles. The minimum absolute atomic E-state index is 0.0922. The van der Waals surface area contributed by atoms with Crippen LogP contribution in [0.4, 0.5) is 0 Å². The second-order valence-corrected chi connectivity index (χ2v) is 7.20. The average molecular weight is 373 g/mol. The fourth-order valence-electron chi connectivity index (χ4n) is 2.43. The van der Waals surface area contributed by atoms with Gasteiger partial charge in [0.25, 0.3) is 0 Å². The fraction of sp³-hybridized carbons (Fsp3) is 0.450. The monoisotopic (exact) mass is 373 g/mol. The number of aliphatic hydroxyl groups is 1. The molecule has 0 unspecified atom stereocenters. The van der Waals surface area contributed by atoms with Crippen molar-refractivity contribution in [1.82, 2.24) is 0 Å². The molecule has 1 aliphatic heterocycles. The van der Waals surface area contributed by atoms with E-state index in [0.29, 0.717) is 11.1 Å². The van der Waals surface area contributed by atoms with Gasteiger partial charge in [0.2, 0.25) is 0 Å². The predicted octanol–water partition coefficient (Wildman–Crippen LogP) is 2.05. The number of hydrogen-bond acceptors (Lipinski definition) is 7. The number of ketones is 1. The smallest absolute Gasteiger partial charge is 0.311 e. The van der Waals surface area contributed by atoms with Crippen molar-refractivity contribution in [2.24, 2.45) is 5.41 Å². The van der Waals surface area contributed by atoms with Gasteiger partial charge in [-0.05, 0) is 44.5 Å². The Labute approximate surface area is 158 Å². The van der Waals surface area contributed by atoms with Crippen molar-refractivity contribution in [2.45, 2.75) is 39.3 Å². The second-order valence-electron chi connectivity index (χ2n) is 7.20. The van der Waals surface area contributed by atoms with Gasteiger partial charge >= 0.3 is 5.97 Å². The van der Waals surface area contributed by atoms with E-state index in [4.69, 9.17) is 19.5 Å². The molecule has 0 spiro atoms. The zero-order valence-corrected chi connectivity index (χ0v) is 15.8.